The number of guanidine groups is 1. The molecule has 1 saturated heterocycles. The van der Waals surface area contributed by atoms with Crippen LogP contribution < -0.4 is 5.32 Å². The van der Waals surface area contributed by atoms with E-state index in [0.717, 1.165) is 35.1 Å². The molecule has 2 heterocycles. The minimum atomic E-state index is -0.245. The van der Waals surface area contributed by atoms with Gasteiger partial charge in [0.05, 0.1) is 31.1 Å². The lowest BCUT2D eigenvalue weighted by Gasteiger charge is -2.38. The van der Waals surface area contributed by atoms with Gasteiger partial charge in [-0.25, -0.2) is 9.37 Å². The van der Waals surface area contributed by atoms with E-state index in [-0.39, 0.29) is 42.0 Å². The summed E-state index contributed by atoms with van der Waals surface area (Å²) in [5.74, 6) is 1.38. The van der Waals surface area contributed by atoms with Crippen LogP contribution in [0.2, 0.25) is 0 Å². The van der Waals surface area contributed by atoms with Crippen molar-refractivity contribution in [1.82, 2.24) is 20.2 Å². The standard InChI is InChI=1S/C23H26FN5O.HI/c1-16-14-29(15-21(30-16)18-8-10-19(24)11-9-18)23(25-2)27-13-22-26-12-20(28-22)17-6-4-3-5-7-17;/h3-12,16,21H,13-15H2,1-2H3,(H,25,27)(H,26,28);1H. The maximum Gasteiger partial charge on any atom is 0.194 e. The highest BCUT2D eigenvalue weighted by molar-refractivity contribution is 14.0. The van der Waals surface area contributed by atoms with Gasteiger partial charge < -0.3 is 19.9 Å². The second-order valence-corrected chi connectivity index (χ2v) is 7.40. The van der Waals surface area contributed by atoms with Crippen molar-refractivity contribution in [2.24, 2.45) is 4.99 Å². The van der Waals surface area contributed by atoms with Crippen LogP contribution in [-0.2, 0) is 11.3 Å². The summed E-state index contributed by atoms with van der Waals surface area (Å²) in [4.78, 5) is 14.4. The minimum absolute atomic E-state index is 0. The first-order valence-corrected chi connectivity index (χ1v) is 10.1. The van der Waals surface area contributed by atoms with Crippen molar-refractivity contribution in [3.8, 4) is 11.3 Å². The fourth-order valence-electron chi connectivity index (χ4n) is 3.70. The second-order valence-electron chi connectivity index (χ2n) is 7.40. The molecule has 8 heteroatoms. The number of hydrogen-bond donors (Lipinski definition) is 2. The Kier molecular flexibility index (Phi) is 8.03. The number of aliphatic imine (C=N–C) groups is 1. The van der Waals surface area contributed by atoms with Gasteiger partial charge in [0.25, 0.3) is 0 Å². The van der Waals surface area contributed by atoms with E-state index in [0.29, 0.717) is 13.1 Å². The largest absolute Gasteiger partial charge is 0.367 e. The maximum atomic E-state index is 13.3. The van der Waals surface area contributed by atoms with Gasteiger partial charge in [0, 0.05) is 13.6 Å². The number of nitrogens with zero attached hydrogens (tertiary/aromatic N) is 3. The zero-order valence-electron chi connectivity index (χ0n) is 17.6. The monoisotopic (exact) mass is 535 g/mol. The number of H-pyrrole nitrogens is 1. The van der Waals surface area contributed by atoms with Crippen molar-refractivity contribution in [2.75, 3.05) is 20.1 Å². The molecule has 0 saturated carbocycles. The van der Waals surface area contributed by atoms with Crippen LogP contribution in [0.5, 0.6) is 0 Å². The third-order valence-corrected chi connectivity index (χ3v) is 5.14. The summed E-state index contributed by atoms with van der Waals surface area (Å²) >= 11 is 0. The minimum Gasteiger partial charge on any atom is -0.367 e. The number of benzene rings is 2. The Morgan fingerprint density at radius 3 is 2.65 bits per heavy atom. The molecule has 0 spiro atoms. The van der Waals surface area contributed by atoms with Crippen LogP contribution in [0, 0.1) is 5.82 Å². The summed E-state index contributed by atoms with van der Waals surface area (Å²) < 4.78 is 19.4. The van der Waals surface area contributed by atoms with E-state index in [1.165, 1.54) is 12.1 Å². The van der Waals surface area contributed by atoms with Gasteiger partial charge in [0.2, 0.25) is 0 Å². The summed E-state index contributed by atoms with van der Waals surface area (Å²) in [6, 6.07) is 16.6. The molecule has 1 aliphatic heterocycles. The van der Waals surface area contributed by atoms with Gasteiger partial charge in [-0.1, -0.05) is 42.5 Å². The predicted octanol–water partition coefficient (Wildman–Crippen LogP) is 4.37. The van der Waals surface area contributed by atoms with E-state index in [1.54, 1.807) is 19.2 Å². The molecule has 0 bridgehead atoms. The zero-order valence-corrected chi connectivity index (χ0v) is 19.9. The fraction of sp³-hybridized carbons (Fsp3) is 0.304. The Balaban J connectivity index is 0.00000272. The predicted molar refractivity (Wildman–Crippen MR) is 131 cm³/mol. The molecule has 1 aliphatic rings. The van der Waals surface area contributed by atoms with Crippen molar-refractivity contribution in [2.45, 2.75) is 25.7 Å². The molecular weight excluding hydrogens is 508 g/mol. The van der Waals surface area contributed by atoms with Crippen LogP contribution in [0.15, 0.2) is 65.8 Å². The second kappa shape index (κ2) is 10.7. The summed E-state index contributed by atoms with van der Waals surface area (Å²) in [7, 11) is 1.77. The first kappa shape index (κ1) is 23.2. The number of halogens is 2. The Hall–Kier alpha value is -2.46. The summed E-state index contributed by atoms with van der Waals surface area (Å²) in [6.45, 7) is 3.94. The van der Waals surface area contributed by atoms with Gasteiger partial charge in [-0.15, -0.1) is 24.0 Å². The maximum absolute atomic E-state index is 13.3. The molecule has 3 aromatic rings. The van der Waals surface area contributed by atoms with Gasteiger partial charge in [-0.3, -0.25) is 4.99 Å². The van der Waals surface area contributed by atoms with Crippen molar-refractivity contribution in [1.29, 1.82) is 0 Å². The number of rotatable bonds is 4. The van der Waals surface area contributed by atoms with E-state index >= 15 is 0 Å². The quantitative estimate of drug-likeness (QED) is 0.296. The highest BCUT2D eigenvalue weighted by atomic mass is 127. The third-order valence-electron chi connectivity index (χ3n) is 5.14. The summed E-state index contributed by atoms with van der Waals surface area (Å²) in [5.41, 5.74) is 3.05. The van der Waals surface area contributed by atoms with Crippen LogP contribution >= 0.6 is 24.0 Å². The van der Waals surface area contributed by atoms with E-state index in [9.17, 15) is 4.39 Å². The average Bonchev–Trinajstić information content (AvgIpc) is 3.24. The van der Waals surface area contributed by atoms with Crippen molar-refractivity contribution in [3.05, 3.63) is 78.0 Å². The number of ether oxygens (including phenoxy) is 1. The van der Waals surface area contributed by atoms with Crippen LogP contribution in [0.4, 0.5) is 4.39 Å². The molecule has 0 radical (unpaired) electrons. The van der Waals surface area contributed by atoms with Crippen molar-refractivity contribution in [3.63, 3.8) is 0 Å². The molecule has 0 amide bonds. The van der Waals surface area contributed by atoms with Crippen LogP contribution in [0.1, 0.15) is 24.4 Å². The zero-order chi connectivity index (χ0) is 20.9. The molecular formula is C23H27FIN5O. The summed E-state index contributed by atoms with van der Waals surface area (Å²) in [6.07, 6.45) is 1.73. The molecule has 2 unspecified atom stereocenters. The van der Waals surface area contributed by atoms with Gasteiger partial charge >= 0.3 is 0 Å². The first-order chi connectivity index (χ1) is 14.6. The Labute approximate surface area is 199 Å². The Morgan fingerprint density at radius 1 is 1.19 bits per heavy atom. The fourth-order valence-corrected chi connectivity index (χ4v) is 3.70. The molecule has 2 atom stereocenters. The highest BCUT2D eigenvalue weighted by Crippen LogP contribution is 2.25. The van der Waals surface area contributed by atoms with Crippen LogP contribution in [0.25, 0.3) is 11.3 Å². The summed E-state index contributed by atoms with van der Waals surface area (Å²) in [5, 5.41) is 3.39. The molecule has 164 valence electrons. The van der Waals surface area contributed by atoms with Crippen LogP contribution in [0.3, 0.4) is 0 Å². The van der Waals surface area contributed by atoms with Gasteiger partial charge in [-0.05, 0) is 30.2 Å². The van der Waals surface area contributed by atoms with E-state index in [4.69, 9.17) is 4.74 Å². The molecule has 4 rings (SSSR count). The lowest BCUT2D eigenvalue weighted by molar-refractivity contribution is -0.0605. The molecule has 2 N–H and O–H groups in total. The van der Waals surface area contributed by atoms with E-state index in [1.807, 2.05) is 43.5 Å². The normalized spacial score (nSPS) is 19.1. The SMILES string of the molecule is CN=C(NCc1ncc(-c2ccccc2)[nH]1)N1CC(C)OC(c2ccc(F)cc2)C1.I. The Bertz CT molecular complexity index is 993. The third kappa shape index (κ3) is 5.82. The Morgan fingerprint density at radius 2 is 1.94 bits per heavy atom. The first-order valence-electron chi connectivity index (χ1n) is 10.1. The average molecular weight is 535 g/mol. The highest BCUT2D eigenvalue weighted by Gasteiger charge is 2.28. The van der Waals surface area contributed by atoms with Gasteiger partial charge in [0.15, 0.2) is 5.96 Å². The van der Waals surface area contributed by atoms with Gasteiger partial charge in [0.1, 0.15) is 17.7 Å². The van der Waals surface area contributed by atoms with E-state index < -0.39 is 0 Å². The number of hydrogen-bond acceptors (Lipinski definition) is 3. The van der Waals surface area contributed by atoms with Gasteiger partial charge in [-0.2, -0.15) is 0 Å². The topological polar surface area (TPSA) is 65.5 Å². The number of morpholine rings is 1. The molecule has 6 nitrogen and oxygen atoms in total. The van der Waals surface area contributed by atoms with E-state index in [2.05, 4.69) is 25.2 Å². The number of nitrogens with one attached hydrogen (secondary N) is 2. The number of imidazole rings is 1. The lowest BCUT2D eigenvalue weighted by atomic mass is 10.1. The lowest BCUT2D eigenvalue weighted by Crippen LogP contribution is -2.50. The number of aromatic nitrogens is 2. The van der Waals surface area contributed by atoms with Crippen LogP contribution in [-0.4, -0.2) is 47.1 Å². The smallest absolute Gasteiger partial charge is 0.194 e. The molecule has 1 fully saturated rings. The number of aromatic amines is 1. The van der Waals surface area contributed by atoms with Crippen molar-refractivity contribution >= 4 is 29.9 Å². The molecule has 1 aromatic heterocycles. The van der Waals surface area contributed by atoms with Crippen molar-refractivity contribution < 1.29 is 9.13 Å². The molecule has 2 aromatic carbocycles. The molecule has 0 aliphatic carbocycles. The molecule has 31 heavy (non-hydrogen) atoms.